The number of rotatable bonds is 7. The van der Waals surface area contributed by atoms with Gasteiger partial charge in [0.15, 0.2) is 11.6 Å². The van der Waals surface area contributed by atoms with Crippen LogP contribution >= 0.6 is 0 Å². The molecule has 108 valence electrons. The van der Waals surface area contributed by atoms with Crippen LogP contribution in [0.15, 0.2) is 12.1 Å². The van der Waals surface area contributed by atoms with Gasteiger partial charge < -0.3 is 20.5 Å². The van der Waals surface area contributed by atoms with Crippen molar-refractivity contribution in [3.8, 4) is 5.75 Å². The van der Waals surface area contributed by atoms with E-state index in [1.807, 2.05) is 27.7 Å². The monoisotopic (exact) mass is 270 g/mol. The van der Waals surface area contributed by atoms with E-state index in [-0.39, 0.29) is 18.0 Å². The van der Waals surface area contributed by atoms with Crippen molar-refractivity contribution in [2.75, 3.05) is 24.2 Å². The van der Waals surface area contributed by atoms with Gasteiger partial charge in [-0.15, -0.1) is 0 Å². The number of nitrogens with two attached hydrogens (primary N) is 1. The molecule has 1 atom stereocenters. The van der Waals surface area contributed by atoms with Gasteiger partial charge >= 0.3 is 0 Å². The van der Waals surface area contributed by atoms with Gasteiger partial charge in [-0.05, 0) is 27.7 Å². The van der Waals surface area contributed by atoms with Crippen molar-refractivity contribution < 1.29 is 13.9 Å². The van der Waals surface area contributed by atoms with E-state index in [4.69, 9.17) is 15.2 Å². The van der Waals surface area contributed by atoms with Crippen LogP contribution in [0, 0.1) is 5.82 Å². The van der Waals surface area contributed by atoms with Crippen molar-refractivity contribution in [1.82, 2.24) is 0 Å². The second-order valence-corrected chi connectivity index (χ2v) is 4.68. The molecule has 1 rings (SSSR count). The highest BCUT2D eigenvalue weighted by Gasteiger charge is 2.11. The molecule has 0 bridgehead atoms. The van der Waals surface area contributed by atoms with Crippen LogP contribution in [0.3, 0.4) is 0 Å². The van der Waals surface area contributed by atoms with E-state index in [0.717, 1.165) is 0 Å². The molecule has 1 unspecified atom stereocenters. The van der Waals surface area contributed by atoms with Gasteiger partial charge in [-0.2, -0.15) is 0 Å². The summed E-state index contributed by atoms with van der Waals surface area (Å²) in [7, 11) is 0. The lowest BCUT2D eigenvalue weighted by Gasteiger charge is -2.17. The van der Waals surface area contributed by atoms with Gasteiger partial charge in [0.05, 0.1) is 23.6 Å². The SMILES string of the molecule is CCOC(C)CNc1cc(OC(C)C)c(F)cc1N. The van der Waals surface area contributed by atoms with Crippen LogP contribution < -0.4 is 15.8 Å². The average molecular weight is 270 g/mol. The molecule has 0 saturated heterocycles. The standard InChI is InChI=1S/C14H23FN2O2/c1-5-18-10(4)8-17-13-7-14(19-9(2)3)11(15)6-12(13)16/h6-7,9-10,17H,5,8,16H2,1-4H3. The molecule has 0 aliphatic heterocycles. The smallest absolute Gasteiger partial charge is 0.167 e. The first-order valence-corrected chi connectivity index (χ1v) is 6.55. The van der Waals surface area contributed by atoms with Gasteiger partial charge in [-0.3, -0.25) is 0 Å². The predicted octanol–water partition coefficient (Wildman–Crippen LogP) is 3.03. The molecule has 3 N–H and O–H groups in total. The Morgan fingerprint density at radius 1 is 1.32 bits per heavy atom. The number of benzene rings is 1. The summed E-state index contributed by atoms with van der Waals surface area (Å²) in [5.41, 5.74) is 6.80. The van der Waals surface area contributed by atoms with E-state index >= 15 is 0 Å². The van der Waals surface area contributed by atoms with Crippen LogP contribution in [0.4, 0.5) is 15.8 Å². The number of anilines is 2. The first-order chi connectivity index (χ1) is 8.93. The number of halogens is 1. The predicted molar refractivity (Wildman–Crippen MR) is 76.2 cm³/mol. The maximum absolute atomic E-state index is 13.7. The lowest BCUT2D eigenvalue weighted by atomic mass is 10.2. The molecule has 0 fully saturated rings. The van der Waals surface area contributed by atoms with E-state index in [1.165, 1.54) is 6.07 Å². The first kappa shape index (κ1) is 15.6. The normalized spacial score (nSPS) is 12.5. The quantitative estimate of drug-likeness (QED) is 0.748. The molecule has 1 aromatic carbocycles. The van der Waals surface area contributed by atoms with Crippen molar-refractivity contribution in [3.05, 3.63) is 17.9 Å². The molecule has 0 heterocycles. The molecule has 0 aromatic heterocycles. The first-order valence-electron chi connectivity index (χ1n) is 6.55. The fourth-order valence-corrected chi connectivity index (χ4v) is 1.66. The molecular weight excluding hydrogens is 247 g/mol. The van der Waals surface area contributed by atoms with Crippen LogP contribution in [0.1, 0.15) is 27.7 Å². The maximum Gasteiger partial charge on any atom is 0.167 e. The minimum atomic E-state index is -0.449. The zero-order chi connectivity index (χ0) is 14.4. The second kappa shape index (κ2) is 7.19. The third-order valence-corrected chi connectivity index (χ3v) is 2.50. The molecule has 0 amide bonds. The average Bonchev–Trinajstić information content (AvgIpc) is 2.31. The minimum Gasteiger partial charge on any atom is -0.488 e. The van der Waals surface area contributed by atoms with Crippen LogP contribution in [0.5, 0.6) is 5.75 Å². The molecule has 0 aliphatic carbocycles. The Morgan fingerprint density at radius 2 is 2.00 bits per heavy atom. The van der Waals surface area contributed by atoms with E-state index in [9.17, 15) is 4.39 Å². The Bertz CT molecular complexity index is 411. The molecule has 5 heteroatoms. The Hall–Kier alpha value is -1.49. The lowest BCUT2D eigenvalue weighted by Crippen LogP contribution is -2.20. The summed E-state index contributed by atoms with van der Waals surface area (Å²) in [6, 6.07) is 2.86. The van der Waals surface area contributed by atoms with Crippen LogP contribution in [0.2, 0.25) is 0 Å². The third kappa shape index (κ3) is 4.95. The number of hydrogen-bond acceptors (Lipinski definition) is 4. The summed E-state index contributed by atoms with van der Waals surface area (Å²) in [5, 5.41) is 3.14. The highest BCUT2D eigenvalue weighted by atomic mass is 19.1. The van der Waals surface area contributed by atoms with E-state index in [2.05, 4.69) is 5.32 Å². The summed E-state index contributed by atoms with van der Waals surface area (Å²) < 4.78 is 24.5. The van der Waals surface area contributed by atoms with Gasteiger partial charge in [0, 0.05) is 25.3 Å². The van der Waals surface area contributed by atoms with Crippen LogP contribution in [-0.4, -0.2) is 25.4 Å². The van der Waals surface area contributed by atoms with Crippen LogP contribution in [0.25, 0.3) is 0 Å². The summed E-state index contributed by atoms with van der Waals surface area (Å²) in [5.74, 6) is -0.245. The van der Waals surface area contributed by atoms with Crippen molar-refractivity contribution in [3.63, 3.8) is 0 Å². The second-order valence-electron chi connectivity index (χ2n) is 4.68. The fourth-order valence-electron chi connectivity index (χ4n) is 1.66. The molecule has 0 saturated carbocycles. The van der Waals surface area contributed by atoms with Gasteiger partial charge in [0.2, 0.25) is 0 Å². The number of ether oxygens (including phenoxy) is 2. The van der Waals surface area contributed by atoms with Gasteiger partial charge in [-0.25, -0.2) is 4.39 Å². The summed E-state index contributed by atoms with van der Waals surface area (Å²) in [4.78, 5) is 0. The Balaban J connectivity index is 2.77. The molecular formula is C14H23FN2O2. The minimum absolute atomic E-state index is 0.0592. The number of nitrogen functional groups attached to an aromatic ring is 1. The summed E-state index contributed by atoms with van der Waals surface area (Å²) >= 11 is 0. The van der Waals surface area contributed by atoms with Crippen LogP contribution in [-0.2, 0) is 4.74 Å². The number of hydrogen-bond donors (Lipinski definition) is 2. The fraction of sp³-hybridized carbons (Fsp3) is 0.571. The zero-order valence-electron chi connectivity index (χ0n) is 12.0. The molecule has 19 heavy (non-hydrogen) atoms. The van der Waals surface area contributed by atoms with Gasteiger partial charge in [0.25, 0.3) is 0 Å². The summed E-state index contributed by atoms with van der Waals surface area (Å²) in [6.45, 7) is 8.85. The Labute approximate surface area is 114 Å². The molecule has 4 nitrogen and oxygen atoms in total. The van der Waals surface area contributed by atoms with E-state index in [1.54, 1.807) is 6.07 Å². The highest BCUT2D eigenvalue weighted by molar-refractivity contribution is 5.68. The Kier molecular flexibility index (Phi) is 5.89. The van der Waals surface area contributed by atoms with Crippen molar-refractivity contribution in [1.29, 1.82) is 0 Å². The maximum atomic E-state index is 13.7. The van der Waals surface area contributed by atoms with Gasteiger partial charge in [0.1, 0.15) is 0 Å². The Morgan fingerprint density at radius 3 is 2.58 bits per heavy atom. The third-order valence-electron chi connectivity index (χ3n) is 2.50. The summed E-state index contributed by atoms with van der Waals surface area (Å²) in [6.07, 6.45) is -0.0303. The highest BCUT2D eigenvalue weighted by Crippen LogP contribution is 2.28. The zero-order valence-corrected chi connectivity index (χ0v) is 12.0. The van der Waals surface area contributed by atoms with Crippen molar-refractivity contribution >= 4 is 11.4 Å². The van der Waals surface area contributed by atoms with E-state index in [0.29, 0.717) is 24.5 Å². The number of nitrogens with one attached hydrogen (secondary N) is 1. The van der Waals surface area contributed by atoms with E-state index < -0.39 is 5.82 Å². The lowest BCUT2D eigenvalue weighted by molar-refractivity contribution is 0.0855. The molecule has 0 spiro atoms. The van der Waals surface area contributed by atoms with Crippen molar-refractivity contribution in [2.24, 2.45) is 0 Å². The van der Waals surface area contributed by atoms with Gasteiger partial charge in [-0.1, -0.05) is 0 Å². The largest absolute Gasteiger partial charge is 0.488 e. The molecule has 0 aliphatic rings. The van der Waals surface area contributed by atoms with Crippen molar-refractivity contribution in [2.45, 2.75) is 39.9 Å². The topological polar surface area (TPSA) is 56.5 Å². The molecule has 1 aromatic rings. The molecule has 0 radical (unpaired) electrons.